The maximum Gasteiger partial charge on any atom is 0.416 e. The minimum atomic E-state index is -4.38. The molecule has 0 N–H and O–H groups in total. The Hall–Kier alpha value is -3.15. The average Bonchev–Trinajstić information content (AvgIpc) is 3.05. The third-order valence-corrected chi connectivity index (χ3v) is 3.95. The third kappa shape index (κ3) is 2.87. The van der Waals surface area contributed by atoms with Crippen LogP contribution in [0.5, 0.6) is 0 Å². The molecule has 0 amide bonds. The highest BCUT2D eigenvalue weighted by molar-refractivity contribution is 5.81. The van der Waals surface area contributed by atoms with Gasteiger partial charge in [-0.25, -0.2) is 4.98 Å². The zero-order chi connectivity index (χ0) is 17.4. The molecule has 0 fully saturated rings. The number of imidazole rings is 1. The molecule has 0 radical (unpaired) electrons. The SMILES string of the molecule is FC(F)(F)c1cccc(-c2cc3c(cn2)ncn3-c2ccccc2)c1. The van der Waals surface area contributed by atoms with Crippen LogP contribution in [-0.2, 0) is 6.18 Å². The molecule has 0 bridgehead atoms. The maximum absolute atomic E-state index is 12.9. The first-order chi connectivity index (χ1) is 12.0. The Kier molecular flexibility index (Phi) is 3.53. The summed E-state index contributed by atoms with van der Waals surface area (Å²) in [6.45, 7) is 0. The first kappa shape index (κ1) is 15.4. The molecular weight excluding hydrogens is 327 g/mol. The van der Waals surface area contributed by atoms with Crippen LogP contribution in [0, 0.1) is 0 Å². The molecule has 6 heteroatoms. The fourth-order valence-electron chi connectivity index (χ4n) is 2.72. The van der Waals surface area contributed by atoms with E-state index in [0.29, 0.717) is 16.8 Å². The first-order valence-electron chi connectivity index (χ1n) is 7.58. The van der Waals surface area contributed by atoms with Gasteiger partial charge in [0.1, 0.15) is 11.8 Å². The molecule has 4 rings (SSSR count). The van der Waals surface area contributed by atoms with Crippen LogP contribution in [0.3, 0.4) is 0 Å². The summed E-state index contributed by atoms with van der Waals surface area (Å²) in [7, 11) is 0. The largest absolute Gasteiger partial charge is 0.416 e. The lowest BCUT2D eigenvalue weighted by Gasteiger charge is -2.09. The van der Waals surface area contributed by atoms with E-state index in [1.54, 1.807) is 24.7 Å². The molecule has 2 heterocycles. The van der Waals surface area contributed by atoms with Crippen LogP contribution in [0.15, 0.2) is 73.2 Å². The molecule has 0 aliphatic rings. The van der Waals surface area contributed by atoms with Crippen LogP contribution < -0.4 is 0 Å². The quantitative estimate of drug-likeness (QED) is 0.508. The van der Waals surface area contributed by atoms with Gasteiger partial charge in [0.15, 0.2) is 0 Å². The Balaban J connectivity index is 1.85. The maximum atomic E-state index is 12.9. The van der Waals surface area contributed by atoms with Gasteiger partial charge in [0.25, 0.3) is 0 Å². The highest BCUT2D eigenvalue weighted by Gasteiger charge is 2.30. The molecule has 0 saturated heterocycles. The van der Waals surface area contributed by atoms with Gasteiger partial charge in [-0.3, -0.25) is 9.55 Å². The molecule has 4 aromatic rings. The Morgan fingerprint density at radius 2 is 1.64 bits per heavy atom. The number of alkyl halides is 3. The minimum Gasteiger partial charge on any atom is -0.299 e. The van der Waals surface area contributed by atoms with Crippen molar-refractivity contribution in [3.63, 3.8) is 0 Å². The fraction of sp³-hybridized carbons (Fsp3) is 0.0526. The summed E-state index contributed by atoms with van der Waals surface area (Å²) in [5, 5.41) is 0. The summed E-state index contributed by atoms with van der Waals surface area (Å²) >= 11 is 0. The van der Waals surface area contributed by atoms with E-state index >= 15 is 0 Å². The number of nitrogens with zero attached hydrogens (tertiary/aromatic N) is 3. The zero-order valence-corrected chi connectivity index (χ0v) is 12.9. The van der Waals surface area contributed by atoms with E-state index in [9.17, 15) is 13.2 Å². The van der Waals surface area contributed by atoms with Gasteiger partial charge in [-0.2, -0.15) is 13.2 Å². The molecule has 0 saturated carbocycles. The smallest absolute Gasteiger partial charge is 0.299 e. The van der Waals surface area contributed by atoms with Crippen LogP contribution in [0.4, 0.5) is 13.2 Å². The highest BCUT2D eigenvalue weighted by Crippen LogP contribution is 2.32. The van der Waals surface area contributed by atoms with Crippen LogP contribution in [0.2, 0.25) is 0 Å². The number of rotatable bonds is 2. The number of pyridine rings is 1. The predicted octanol–water partition coefficient (Wildman–Crippen LogP) is 5.11. The summed E-state index contributed by atoms with van der Waals surface area (Å²) in [6, 6.07) is 16.5. The number of hydrogen-bond acceptors (Lipinski definition) is 2. The second kappa shape index (κ2) is 5.73. The summed E-state index contributed by atoms with van der Waals surface area (Å²) in [6.07, 6.45) is -1.13. The van der Waals surface area contributed by atoms with Gasteiger partial charge in [0.2, 0.25) is 0 Å². The molecule has 2 aromatic carbocycles. The van der Waals surface area contributed by atoms with E-state index in [0.717, 1.165) is 23.3 Å². The number of hydrogen-bond donors (Lipinski definition) is 0. The van der Waals surface area contributed by atoms with Crippen molar-refractivity contribution in [1.82, 2.24) is 14.5 Å². The number of aromatic nitrogens is 3. The van der Waals surface area contributed by atoms with E-state index < -0.39 is 11.7 Å². The van der Waals surface area contributed by atoms with Gasteiger partial charge >= 0.3 is 6.18 Å². The van der Waals surface area contributed by atoms with Gasteiger partial charge in [0, 0.05) is 11.3 Å². The second-order valence-corrected chi connectivity index (χ2v) is 5.59. The molecule has 0 spiro atoms. The Morgan fingerprint density at radius 1 is 0.840 bits per heavy atom. The lowest BCUT2D eigenvalue weighted by molar-refractivity contribution is -0.137. The van der Waals surface area contributed by atoms with Crippen LogP contribution in [0.1, 0.15) is 5.56 Å². The Bertz CT molecular complexity index is 1040. The van der Waals surface area contributed by atoms with Crippen molar-refractivity contribution < 1.29 is 13.2 Å². The topological polar surface area (TPSA) is 30.7 Å². The first-order valence-corrected chi connectivity index (χ1v) is 7.58. The van der Waals surface area contributed by atoms with Crippen LogP contribution in [0.25, 0.3) is 28.0 Å². The van der Waals surface area contributed by atoms with E-state index in [4.69, 9.17) is 0 Å². The van der Waals surface area contributed by atoms with Crippen LogP contribution >= 0.6 is 0 Å². The van der Waals surface area contributed by atoms with Gasteiger partial charge in [-0.1, -0.05) is 30.3 Å². The van der Waals surface area contributed by atoms with Gasteiger partial charge in [-0.15, -0.1) is 0 Å². The van der Waals surface area contributed by atoms with E-state index in [2.05, 4.69) is 9.97 Å². The number of benzene rings is 2. The molecule has 2 aromatic heterocycles. The molecule has 0 unspecified atom stereocenters. The van der Waals surface area contributed by atoms with Crippen molar-refractivity contribution >= 4 is 11.0 Å². The van der Waals surface area contributed by atoms with Gasteiger partial charge in [0.05, 0.1) is 23.0 Å². The lowest BCUT2D eigenvalue weighted by Crippen LogP contribution is -2.04. The van der Waals surface area contributed by atoms with Crippen molar-refractivity contribution in [2.24, 2.45) is 0 Å². The Morgan fingerprint density at radius 3 is 2.40 bits per heavy atom. The zero-order valence-electron chi connectivity index (χ0n) is 12.9. The monoisotopic (exact) mass is 339 g/mol. The summed E-state index contributed by atoms with van der Waals surface area (Å²) < 4.78 is 40.7. The Labute approximate surface area is 141 Å². The third-order valence-electron chi connectivity index (χ3n) is 3.95. The van der Waals surface area contributed by atoms with E-state index in [1.807, 2.05) is 34.9 Å². The van der Waals surface area contributed by atoms with Crippen molar-refractivity contribution in [2.75, 3.05) is 0 Å². The number of para-hydroxylation sites is 1. The van der Waals surface area contributed by atoms with Crippen molar-refractivity contribution in [2.45, 2.75) is 6.18 Å². The van der Waals surface area contributed by atoms with Gasteiger partial charge in [-0.05, 0) is 30.3 Å². The predicted molar refractivity (Wildman–Crippen MR) is 89.3 cm³/mol. The fourth-order valence-corrected chi connectivity index (χ4v) is 2.72. The molecule has 0 atom stereocenters. The standard InChI is InChI=1S/C19H12F3N3/c20-19(21,22)14-6-4-5-13(9-14)16-10-18-17(11-23-16)24-12-25(18)15-7-2-1-3-8-15/h1-12H. The minimum absolute atomic E-state index is 0.414. The average molecular weight is 339 g/mol. The van der Waals surface area contributed by atoms with E-state index in [1.165, 1.54) is 6.07 Å². The van der Waals surface area contributed by atoms with E-state index in [-0.39, 0.29) is 0 Å². The highest BCUT2D eigenvalue weighted by atomic mass is 19.4. The molecular formula is C19H12F3N3. The normalized spacial score (nSPS) is 11.8. The molecule has 3 nitrogen and oxygen atoms in total. The molecule has 25 heavy (non-hydrogen) atoms. The molecule has 0 aliphatic heterocycles. The molecule has 0 aliphatic carbocycles. The van der Waals surface area contributed by atoms with Gasteiger partial charge < -0.3 is 0 Å². The van der Waals surface area contributed by atoms with Crippen molar-refractivity contribution in [1.29, 1.82) is 0 Å². The summed E-state index contributed by atoms with van der Waals surface area (Å²) in [5.41, 5.74) is 2.58. The van der Waals surface area contributed by atoms with Crippen LogP contribution in [-0.4, -0.2) is 14.5 Å². The summed E-state index contributed by atoms with van der Waals surface area (Å²) in [5.74, 6) is 0. The number of halogens is 3. The second-order valence-electron chi connectivity index (χ2n) is 5.59. The van der Waals surface area contributed by atoms with Crippen molar-refractivity contribution in [3.8, 4) is 16.9 Å². The summed E-state index contributed by atoms with van der Waals surface area (Å²) in [4.78, 5) is 8.57. The molecule has 124 valence electrons. The van der Waals surface area contributed by atoms with Crippen molar-refractivity contribution in [3.05, 3.63) is 78.8 Å². The number of fused-ring (bicyclic) bond motifs is 1. The lowest BCUT2D eigenvalue weighted by atomic mass is 10.1.